The van der Waals surface area contributed by atoms with Gasteiger partial charge in [0.2, 0.25) is 0 Å². The van der Waals surface area contributed by atoms with E-state index in [4.69, 9.17) is 5.73 Å². The summed E-state index contributed by atoms with van der Waals surface area (Å²) in [5, 5.41) is 2.53. The van der Waals surface area contributed by atoms with Crippen molar-refractivity contribution in [2.45, 2.75) is 12.8 Å². The zero-order chi connectivity index (χ0) is 7.84. The predicted octanol–water partition coefficient (Wildman–Crippen LogP) is 1.92. The van der Waals surface area contributed by atoms with Crippen LogP contribution >= 0.6 is 11.3 Å². The zero-order valence-corrected chi connectivity index (χ0v) is 6.86. The normalized spacial score (nSPS) is 16.7. The highest BCUT2D eigenvalue weighted by Gasteiger charge is 2.31. The number of nitrogens with two attached hydrogens (primary N) is 1. The lowest BCUT2D eigenvalue weighted by molar-refractivity contribution is 0.0969. The number of anilines is 1. The first-order chi connectivity index (χ1) is 5.29. The first-order valence-corrected chi connectivity index (χ1v) is 4.54. The number of thiophene rings is 1. The highest BCUT2D eigenvalue weighted by molar-refractivity contribution is 7.14. The third-order valence-corrected chi connectivity index (χ3v) is 2.65. The molecule has 2 nitrogen and oxygen atoms in total. The van der Waals surface area contributed by atoms with E-state index in [1.54, 1.807) is 0 Å². The summed E-state index contributed by atoms with van der Waals surface area (Å²) >= 11 is 1.43. The quantitative estimate of drug-likeness (QED) is 0.684. The summed E-state index contributed by atoms with van der Waals surface area (Å²) in [5.74, 6) is 0.524. The van der Waals surface area contributed by atoms with E-state index in [9.17, 15) is 4.79 Å². The molecule has 1 heterocycles. The van der Waals surface area contributed by atoms with E-state index in [-0.39, 0.29) is 11.7 Å². The summed E-state index contributed by atoms with van der Waals surface area (Å²) in [6, 6.07) is 1.82. The van der Waals surface area contributed by atoms with E-state index in [0.29, 0.717) is 5.00 Å². The molecule has 0 radical (unpaired) electrons. The molecule has 0 atom stereocenters. The Morgan fingerprint density at radius 2 is 2.36 bits per heavy atom. The Morgan fingerprint density at radius 3 is 2.82 bits per heavy atom. The molecule has 2 rings (SSSR count). The van der Waals surface area contributed by atoms with Crippen molar-refractivity contribution in [2.75, 3.05) is 5.73 Å². The van der Waals surface area contributed by atoms with Crippen LogP contribution in [0.15, 0.2) is 11.4 Å². The Hall–Kier alpha value is -0.830. The van der Waals surface area contributed by atoms with Gasteiger partial charge >= 0.3 is 0 Å². The molecule has 1 aromatic rings. The molecule has 3 heteroatoms. The summed E-state index contributed by atoms with van der Waals surface area (Å²) in [5.41, 5.74) is 6.34. The van der Waals surface area contributed by atoms with Crippen molar-refractivity contribution in [3.63, 3.8) is 0 Å². The van der Waals surface area contributed by atoms with Crippen molar-refractivity contribution in [1.82, 2.24) is 0 Å². The predicted molar refractivity (Wildman–Crippen MR) is 45.8 cm³/mol. The lowest BCUT2D eigenvalue weighted by Crippen LogP contribution is -2.01. The maximum Gasteiger partial charge on any atom is 0.168 e. The van der Waals surface area contributed by atoms with Crippen molar-refractivity contribution in [1.29, 1.82) is 0 Å². The largest absolute Gasteiger partial charge is 0.390 e. The second-order valence-corrected chi connectivity index (χ2v) is 3.78. The average Bonchev–Trinajstić information content (AvgIpc) is 2.74. The van der Waals surface area contributed by atoms with Crippen LogP contribution in [-0.2, 0) is 0 Å². The third kappa shape index (κ3) is 1.16. The van der Waals surface area contributed by atoms with Gasteiger partial charge in [-0.15, -0.1) is 11.3 Å². The molecule has 0 amide bonds. The van der Waals surface area contributed by atoms with Gasteiger partial charge in [0.1, 0.15) is 0 Å². The molecule has 0 unspecified atom stereocenters. The number of ketones is 1. The lowest BCUT2D eigenvalue weighted by Gasteiger charge is -1.94. The topological polar surface area (TPSA) is 43.1 Å². The van der Waals surface area contributed by atoms with Gasteiger partial charge in [-0.1, -0.05) is 0 Å². The minimum absolute atomic E-state index is 0.240. The Bertz CT molecular complexity index is 288. The van der Waals surface area contributed by atoms with E-state index in [1.807, 2.05) is 11.4 Å². The van der Waals surface area contributed by atoms with Gasteiger partial charge in [0, 0.05) is 5.92 Å². The molecule has 0 saturated heterocycles. The molecular weight excluding hydrogens is 158 g/mol. The van der Waals surface area contributed by atoms with Crippen LogP contribution in [0, 0.1) is 5.92 Å². The van der Waals surface area contributed by atoms with Crippen molar-refractivity contribution in [3.8, 4) is 0 Å². The molecule has 1 aliphatic carbocycles. The highest BCUT2D eigenvalue weighted by atomic mass is 32.1. The van der Waals surface area contributed by atoms with Gasteiger partial charge in [-0.25, -0.2) is 0 Å². The number of nitrogen functional groups attached to an aromatic ring is 1. The van der Waals surface area contributed by atoms with Crippen LogP contribution < -0.4 is 5.73 Å². The van der Waals surface area contributed by atoms with Crippen LogP contribution in [-0.4, -0.2) is 5.78 Å². The number of carbonyl (C=O) groups excluding carboxylic acids is 1. The van der Waals surface area contributed by atoms with Crippen molar-refractivity contribution in [2.24, 2.45) is 5.92 Å². The molecule has 1 fully saturated rings. The number of rotatable bonds is 2. The van der Waals surface area contributed by atoms with Gasteiger partial charge in [0.25, 0.3) is 0 Å². The summed E-state index contributed by atoms with van der Waals surface area (Å²) < 4.78 is 0. The van der Waals surface area contributed by atoms with Crippen LogP contribution in [0.25, 0.3) is 0 Å². The Kier molecular flexibility index (Phi) is 1.46. The van der Waals surface area contributed by atoms with Crippen LogP contribution in [0.4, 0.5) is 5.00 Å². The van der Waals surface area contributed by atoms with Gasteiger partial charge < -0.3 is 5.73 Å². The highest BCUT2D eigenvalue weighted by Crippen LogP contribution is 2.35. The molecule has 11 heavy (non-hydrogen) atoms. The number of carbonyl (C=O) groups is 1. The zero-order valence-electron chi connectivity index (χ0n) is 6.04. The molecule has 2 N–H and O–H groups in total. The van der Waals surface area contributed by atoms with Crippen LogP contribution in [0.2, 0.25) is 0 Å². The molecule has 0 bridgehead atoms. The van der Waals surface area contributed by atoms with Crippen LogP contribution in [0.3, 0.4) is 0 Å². The fraction of sp³-hybridized carbons (Fsp3) is 0.375. The van der Waals surface area contributed by atoms with Gasteiger partial charge in [-0.05, 0) is 24.3 Å². The Morgan fingerprint density at radius 1 is 1.64 bits per heavy atom. The SMILES string of the molecule is Nc1sccc1C(=O)C1CC1. The molecule has 0 aliphatic heterocycles. The fourth-order valence-electron chi connectivity index (χ4n) is 1.09. The summed E-state index contributed by atoms with van der Waals surface area (Å²) in [6.45, 7) is 0. The third-order valence-electron chi connectivity index (χ3n) is 1.91. The van der Waals surface area contributed by atoms with Crippen molar-refractivity contribution in [3.05, 3.63) is 17.0 Å². The standard InChI is InChI=1S/C8H9NOS/c9-8-6(3-4-11-8)7(10)5-1-2-5/h3-5H,1-2,9H2. The van der Waals surface area contributed by atoms with Crippen LogP contribution in [0.1, 0.15) is 23.2 Å². The maximum absolute atomic E-state index is 11.4. The lowest BCUT2D eigenvalue weighted by atomic mass is 10.1. The average molecular weight is 167 g/mol. The molecule has 0 aromatic carbocycles. The molecule has 1 aliphatic rings. The second-order valence-electron chi connectivity index (χ2n) is 2.84. The fourth-order valence-corrected chi connectivity index (χ4v) is 1.74. The first kappa shape index (κ1) is 6.85. The summed E-state index contributed by atoms with van der Waals surface area (Å²) in [6.07, 6.45) is 2.10. The van der Waals surface area contributed by atoms with Gasteiger partial charge in [0.05, 0.1) is 10.6 Å². The second kappa shape index (κ2) is 2.34. The Labute approximate surface area is 69.0 Å². The van der Waals surface area contributed by atoms with Crippen molar-refractivity contribution >= 4 is 22.1 Å². The first-order valence-electron chi connectivity index (χ1n) is 3.66. The minimum Gasteiger partial charge on any atom is -0.390 e. The summed E-state index contributed by atoms with van der Waals surface area (Å²) in [4.78, 5) is 11.4. The number of hydrogen-bond acceptors (Lipinski definition) is 3. The molecule has 0 spiro atoms. The van der Waals surface area contributed by atoms with Gasteiger partial charge in [-0.3, -0.25) is 4.79 Å². The van der Waals surface area contributed by atoms with Crippen LogP contribution in [0.5, 0.6) is 0 Å². The van der Waals surface area contributed by atoms with Crippen molar-refractivity contribution < 1.29 is 4.79 Å². The number of Topliss-reactive ketones (excluding diaryl/α,β-unsaturated/α-hetero) is 1. The van der Waals surface area contributed by atoms with Gasteiger partial charge in [0.15, 0.2) is 5.78 Å². The van der Waals surface area contributed by atoms with E-state index >= 15 is 0 Å². The molecular formula is C8H9NOS. The van der Waals surface area contributed by atoms with Gasteiger partial charge in [-0.2, -0.15) is 0 Å². The minimum atomic E-state index is 0.240. The van der Waals surface area contributed by atoms with E-state index in [1.165, 1.54) is 11.3 Å². The van der Waals surface area contributed by atoms with E-state index < -0.39 is 0 Å². The number of hydrogen-bond donors (Lipinski definition) is 1. The molecule has 1 saturated carbocycles. The van der Waals surface area contributed by atoms with E-state index in [2.05, 4.69) is 0 Å². The Balaban J connectivity index is 2.27. The molecule has 1 aromatic heterocycles. The summed E-state index contributed by atoms with van der Waals surface area (Å²) in [7, 11) is 0. The molecule has 58 valence electrons. The maximum atomic E-state index is 11.4. The monoisotopic (exact) mass is 167 g/mol. The van der Waals surface area contributed by atoms with E-state index in [0.717, 1.165) is 18.4 Å². The smallest absolute Gasteiger partial charge is 0.168 e.